The molecule has 0 bridgehead atoms. The van der Waals surface area contributed by atoms with E-state index in [1.807, 2.05) is 24.3 Å². The van der Waals surface area contributed by atoms with Crippen molar-refractivity contribution >= 4 is 10.9 Å². The van der Waals surface area contributed by atoms with Gasteiger partial charge in [-0.3, -0.25) is 5.10 Å². The van der Waals surface area contributed by atoms with E-state index in [0.29, 0.717) is 0 Å². The van der Waals surface area contributed by atoms with E-state index in [9.17, 15) is 0 Å². The molecule has 3 heteroatoms. The predicted molar refractivity (Wildman–Crippen MR) is 72.8 cm³/mol. The van der Waals surface area contributed by atoms with E-state index < -0.39 is 0 Å². The Morgan fingerprint density at radius 2 is 1.83 bits per heavy atom. The van der Waals surface area contributed by atoms with Crippen LogP contribution in [0.15, 0.2) is 42.5 Å². The van der Waals surface area contributed by atoms with Crippen LogP contribution in [0.3, 0.4) is 0 Å². The zero-order valence-electron chi connectivity index (χ0n) is 10.4. The van der Waals surface area contributed by atoms with Gasteiger partial charge in [0.2, 0.25) is 0 Å². The molecule has 0 amide bonds. The average Bonchev–Trinajstić information content (AvgIpc) is 2.82. The molecule has 0 aliphatic rings. The standard InChI is InChI=1S/C15H14N2O/c1-10-3-8-14-13(9-10)15(17-16-14)11-4-6-12(18-2)7-5-11/h3-9H,1-2H3,(H,16,17). The first-order valence-corrected chi connectivity index (χ1v) is 5.87. The van der Waals surface area contributed by atoms with Crippen molar-refractivity contribution in [3.63, 3.8) is 0 Å². The largest absolute Gasteiger partial charge is 0.497 e. The van der Waals surface area contributed by atoms with Gasteiger partial charge in [-0.25, -0.2) is 0 Å². The Labute approximate surface area is 105 Å². The highest BCUT2D eigenvalue weighted by molar-refractivity contribution is 5.93. The topological polar surface area (TPSA) is 37.9 Å². The molecule has 0 saturated carbocycles. The highest BCUT2D eigenvalue weighted by atomic mass is 16.5. The number of benzene rings is 2. The lowest BCUT2D eigenvalue weighted by Gasteiger charge is -2.01. The number of nitrogens with zero attached hydrogens (tertiary/aromatic N) is 1. The molecule has 1 aromatic heterocycles. The summed E-state index contributed by atoms with van der Waals surface area (Å²) in [6.45, 7) is 2.09. The van der Waals surface area contributed by atoms with Crippen LogP contribution < -0.4 is 4.74 Å². The van der Waals surface area contributed by atoms with Crippen LogP contribution in [-0.2, 0) is 0 Å². The van der Waals surface area contributed by atoms with Crippen LogP contribution >= 0.6 is 0 Å². The van der Waals surface area contributed by atoms with Gasteiger partial charge in [0.25, 0.3) is 0 Å². The number of methoxy groups -OCH3 is 1. The third kappa shape index (κ3) is 1.74. The number of aryl methyl sites for hydroxylation is 1. The maximum atomic E-state index is 5.16. The molecule has 0 spiro atoms. The minimum absolute atomic E-state index is 0.856. The summed E-state index contributed by atoms with van der Waals surface area (Å²) in [4.78, 5) is 0. The normalized spacial score (nSPS) is 10.8. The van der Waals surface area contributed by atoms with Crippen LogP contribution in [-0.4, -0.2) is 17.3 Å². The number of fused-ring (bicyclic) bond motifs is 1. The van der Waals surface area contributed by atoms with Crippen molar-refractivity contribution in [3.05, 3.63) is 48.0 Å². The first-order valence-electron chi connectivity index (χ1n) is 5.87. The Morgan fingerprint density at radius 1 is 1.06 bits per heavy atom. The SMILES string of the molecule is COc1ccc(-c2n[nH]c3ccc(C)cc23)cc1. The van der Waals surface area contributed by atoms with E-state index in [4.69, 9.17) is 4.74 Å². The van der Waals surface area contributed by atoms with Crippen LogP contribution in [0.5, 0.6) is 5.75 Å². The number of ether oxygens (including phenoxy) is 1. The van der Waals surface area contributed by atoms with Gasteiger partial charge in [0.1, 0.15) is 5.75 Å². The fourth-order valence-electron chi connectivity index (χ4n) is 2.10. The molecule has 0 radical (unpaired) electrons. The molecule has 0 aliphatic carbocycles. The number of H-pyrrole nitrogens is 1. The lowest BCUT2D eigenvalue weighted by molar-refractivity contribution is 0.415. The van der Waals surface area contributed by atoms with Crippen molar-refractivity contribution in [2.24, 2.45) is 0 Å². The second kappa shape index (κ2) is 4.18. The number of aromatic amines is 1. The quantitative estimate of drug-likeness (QED) is 0.741. The number of nitrogens with one attached hydrogen (secondary N) is 1. The summed E-state index contributed by atoms with van der Waals surface area (Å²) in [6, 6.07) is 14.2. The van der Waals surface area contributed by atoms with Crippen LogP contribution in [0.4, 0.5) is 0 Å². The minimum Gasteiger partial charge on any atom is -0.497 e. The number of rotatable bonds is 2. The second-order valence-corrected chi connectivity index (χ2v) is 4.35. The molecule has 0 unspecified atom stereocenters. The van der Waals surface area contributed by atoms with Crippen molar-refractivity contribution in [1.29, 1.82) is 0 Å². The summed E-state index contributed by atoms with van der Waals surface area (Å²) in [6.07, 6.45) is 0. The van der Waals surface area contributed by atoms with Crippen LogP contribution in [0.1, 0.15) is 5.56 Å². The first-order chi connectivity index (χ1) is 8.78. The summed E-state index contributed by atoms with van der Waals surface area (Å²) in [5.74, 6) is 0.856. The fraction of sp³-hybridized carbons (Fsp3) is 0.133. The molecule has 18 heavy (non-hydrogen) atoms. The van der Waals surface area contributed by atoms with Gasteiger partial charge in [-0.05, 0) is 43.3 Å². The molecule has 0 fully saturated rings. The zero-order valence-corrected chi connectivity index (χ0v) is 10.4. The van der Waals surface area contributed by atoms with E-state index in [1.54, 1.807) is 7.11 Å². The molecule has 0 aliphatic heterocycles. The third-order valence-corrected chi connectivity index (χ3v) is 3.08. The van der Waals surface area contributed by atoms with Crippen molar-refractivity contribution in [3.8, 4) is 17.0 Å². The molecule has 3 nitrogen and oxygen atoms in total. The number of aromatic nitrogens is 2. The Balaban J connectivity index is 2.15. The van der Waals surface area contributed by atoms with Crippen molar-refractivity contribution in [1.82, 2.24) is 10.2 Å². The fourth-order valence-corrected chi connectivity index (χ4v) is 2.10. The third-order valence-electron chi connectivity index (χ3n) is 3.08. The maximum Gasteiger partial charge on any atom is 0.118 e. The Bertz CT molecular complexity index is 683. The summed E-state index contributed by atoms with van der Waals surface area (Å²) in [7, 11) is 1.67. The minimum atomic E-state index is 0.856. The molecule has 2 aromatic carbocycles. The van der Waals surface area contributed by atoms with Gasteiger partial charge in [-0.15, -0.1) is 0 Å². The van der Waals surface area contributed by atoms with E-state index in [1.165, 1.54) is 5.56 Å². The molecular weight excluding hydrogens is 224 g/mol. The second-order valence-electron chi connectivity index (χ2n) is 4.35. The lowest BCUT2D eigenvalue weighted by Crippen LogP contribution is -1.83. The molecule has 1 N–H and O–H groups in total. The van der Waals surface area contributed by atoms with Gasteiger partial charge in [-0.2, -0.15) is 5.10 Å². The van der Waals surface area contributed by atoms with Crippen molar-refractivity contribution < 1.29 is 4.74 Å². The Hall–Kier alpha value is -2.29. The van der Waals surface area contributed by atoms with E-state index in [0.717, 1.165) is 27.9 Å². The summed E-state index contributed by atoms with van der Waals surface area (Å²) >= 11 is 0. The monoisotopic (exact) mass is 238 g/mol. The number of hydrogen-bond donors (Lipinski definition) is 1. The molecule has 90 valence electrons. The number of hydrogen-bond acceptors (Lipinski definition) is 2. The maximum absolute atomic E-state index is 5.16. The molecular formula is C15H14N2O. The molecule has 3 rings (SSSR count). The predicted octanol–water partition coefficient (Wildman–Crippen LogP) is 3.55. The van der Waals surface area contributed by atoms with Crippen LogP contribution in [0.25, 0.3) is 22.2 Å². The van der Waals surface area contributed by atoms with Crippen molar-refractivity contribution in [2.45, 2.75) is 6.92 Å². The highest BCUT2D eigenvalue weighted by Gasteiger charge is 2.08. The van der Waals surface area contributed by atoms with E-state index >= 15 is 0 Å². The van der Waals surface area contributed by atoms with E-state index in [-0.39, 0.29) is 0 Å². The van der Waals surface area contributed by atoms with Crippen LogP contribution in [0, 0.1) is 6.92 Å². The smallest absolute Gasteiger partial charge is 0.118 e. The Morgan fingerprint density at radius 3 is 2.56 bits per heavy atom. The van der Waals surface area contributed by atoms with Crippen LogP contribution in [0.2, 0.25) is 0 Å². The van der Waals surface area contributed by atoms with Gasteiger partial charge < -0.3 is 4.74 Å². The van der Waals surface area contributed by atoms with E-state index in [2.05, 4.69) is 35.3 Å². The molecule has 0 atom stereocenters. The molecule has 3 aromatic rings. The average molecular weight is 238 g/mol. The van der Waals surface area contributed by atoms with Gasteiger partial charge in [0, 0.05) is 10.9 Å². The van der Waals surface area contributed by atoms with Gasteiger partial charge in [-0.1, -0.05) is 11.6 Å². The summed E-state index contributed by atoms with van der Waals surface area (Å²) < 4.78 is 5.16. The summed E-state index contributed by atoms with van der Waals surface area (Å²) in [5.41, 5.74) is 4.37. The summed E-state index contributed by atoms with van der Waals surface area (Å²) in [5, 5.41) is 8.61. The molecule has 0 saturated heterocycles. The zero-order chi connectivity index (χ0) is 12.5. The van der Waals surface area contributed by atoms with Gasteiger partial charge in [0.05, 0.1) is 18.3 Å². The molecule has 1 heterocycles. The van der Waals surface area contributed by atoms with Gasteiger partial charge in [0.15, 0.2) is 0 Å². The first kappa shape index (κ1) is 10.8. The lowest BCUT2D eigenvalue weighted by atomic mass is 10.1. The Kier molecular flexibility index (Phi) is 2.52. The van der Waals surface area contributed by atoms with Gasteiger partial charge >= 0.3 is 0 Å². The van der Waals surface area contributed by atoms with Crippen molar-refractivity contribution in [2.75, 3.05) is 7.11 Å². The highest BCUT2D eigenvalue weighted by Crippen LogP contribution is 2.28.